The topological polar surface area (TPSA) is 107 Å². The first kappa shape index (κ1) is 27.1. The molecule has 3 heterocycles. The molecule has 0 aliphatic carbocycles. The Kier molecular flexibility index (Phi) is 7.35. The van der Waals surface area contributed by atoms with Gasteiger partial charge in [0.2, 0.25) is 11.8 Å². The normalized spacial score (nSPS) is 33.7. The molecule has 3 aliphatic rings. The lowest BCUT2D eigenvalue weighted by Gasteiger charge is -2.46. The van der Waals surface area contributed by atoms with Crippen LogP contribution in [0.15, 0.2) is 12.7 Å². The average molecular weight is 543 g/mol. The fourth-order valence-corrected chi connectivity index (χ4v) is 7.68. The molecule has 7 atom stereocenters. The van der Waals surface area contributed by atoms with E-state index in [1.807, 2.05) is 20.8 Å². The number of carbonyl (C=O) groups excluding carboxylic acids is 2. The summed E-state index contributed by atoms with van der Waals surface area (Å²) in [5.41, 5.74) is -1.88. The molecule has 0 saturated carbocycles. The van der Waals surface area contributed by atoms with Gasteiger partial charge in [0.1, 0.15) is 11.6 Å². The largest absolute Gasteiger partial charge is 0.481 e. The summed E-state index contributed by atoms with van der Waals surface area (Å²) in [5, 5.41) is 20.1. The van der Waals surface area contributed by atoms with Gasteiger partial charge < -0.3 is 24.7 Å². The monoisotopic (exact) mass is 542 g/mol. The average Bonchev–Trinajstić information content (AvgIpc) is 3.29. The van der Waals surface area contributed by atoms with Crippen LogP contribution in [0.25, 0.3) is 0 Å². The van der Waals surface area contributed by atoms with E-state index in [9.17, 15) is 24.6 Å². The number of hydrogen-bond acceptors (Lipinski definition) is 5. The summed E-state index contributed by atoms with van der Waals surface area (Å²) in [6.07, 6.45) is 2.47. The Morgan fingerprint density at radius 1 is 1.35 bits per heavy atom. The van der Waals surface area contributed by atoms with Crippen LogP contribution < -0.4 is 0 Å². The highest BCUT2D eigenvalue weighted by Crippen LogP contribution is 2.60. The van der Waals surface area contributed by atoms with Crippen molar-refractivity contribution >= 4 is 33.7 Å². The third-order valence-corrected chi connectivity index (χ3v) is 8.44. The van der Waals surface area contributed by atoms with Crippen LogP contribution in [0.4, 0.5) is 0 Å². The highest BCUT2D eigenvalue weighted by Gasteiger charge is 2.77. The number of carboxylic acids is 1. The predicted octanol–water partition coefficient (Wildman–Crippen LogP) is 2.82. The molecule has 2 bridgehead atoms. The summed E-state index contributed by atoms with van der Waals surface area (Å²) in [6, 6.07) is -1.63. The van der Waals surface area contributed by atoms with Crippen LogP contribution >= 0.6 is 15.9 Å². The molecular formula is C25H39BrN2O6. The van der Waals surface area contributed by atoms with Crippen molar-refractivity contribution in [1.82, 2.24) is 9.80 Å². The lowest BCUT2D eigenvalue weighted by Crippen LogP contribution is -2.62. The molecule has 3 unspecified atom stereocenters. The Morgan fingerprint density at radius 3 is 2.44 bits per heavy atom. The van der Waals surface area contributed by atoms with E-state index in [4.69, 9.17) is 4.74 Å². The van der Waals surface area contributed by atoms with Crippen molar-refractivity contribution in [2.75, 3.05) is 13.2 Å². The molecule has 9 heteroatoms. The summed E-state index contributed by atoms with van der Waals surface area (Å²) in [7, 11) is 0. The number of ether oxygens (including phenoxy) is 1. The summed E-state index contributed by atoms with van der Waals surface area (Å²) in [4.78, 5) is 43.4. The van der Waals surface area contributed by atoms with Gasteiger partial charge in [0, 0.05) is 16.9 Å². The number of carboxylic acid groups (broad SMARTS) is 1. The van der Waals surface area contributed by atoms with Crippen LogP contribution in [0.3, 0.4) is 0 Å². The highest BCUT2D eigenvalue weighted by atomic mass is 79.9. The molecule has 3 rings (SSSR count). The number of likely N-dealkylation sites (tertiary alicyclic amines) is 1. The van der Waals surface area contributed by atoms with Crippen molar-refractivity contribution in [2.45, 2.75) is 95.0 Å². The van der Waals surface area contributed by atoms with Crippen LogP contribution in [0.5, 0.6) is 0 Å². The van der Waals surface area contributed by atoms with Crippen LogP contribution in [0.1, 0.15) is 60.8 Å². The van der Waals surface area contributed by atoms with Gasteiger partial charge in [-0.25, -0.2) is 0 Å². The Hall–Kier alpha value is -1.45. The fraction of sp³-hybridized carbons (Fsp3) is 0.800. The molecule has 192 valence electrons. The highest BCUT2D eigenvalue weighted by molar-refractivity contribution is 9.09. The minimum Gasteiger partial charge on any atom is -0.481 e. The molecular weight excluding hydrogens is 504 g/mol. The van der Waals surface area contributed by atoms with Gasteiger partial charge in [0.25, 0.3) is 0 Å². The summed E-state index contributed by atoms with van der Waals surface area (Å²) < 4.78 is 6.34. The van der Waals surface area contributed by atoms with Gasteiger partial charge in [-0.3, -0.25) is 14.4 Å². The molecule has 0 aromatic carbocycles. The smallest absolute Gasteiger partial charge is 0.310 e. The lowest BCUT2D eigenvalue weighted by atomic mass is 9.70. The van der Waals surface area contributed by atoms with Crippen molar-refractivity contribution < 1.29 is 29.3 Å². The molecule has 8 nitrogen and oxygen atoms in total. The lowest BCUT2D eigenvalue weighted by molar-refractivity contribution is -0.156. The first-order valence-corrected chi connectivity index (χ1v) is 13.0. The van der Waals surface area contributed by atoms with Crippen molar-refractivity contribution in [1.29, 1.82) is 0 Å². The number of fused-ring (bicyclic) bond motifs is 1. The molecule has 34 heavy (non-hydrogen) atoms. The SMILES string of the molecule is C=CCN(C(=O)C1N([C@@H](CC)CO)C(=O)[C@@H]2[C@H](C(=O)O)[C@H]3OC12CC3Br)C(C)(C)CC(C)(C)C. The number of hydrogen-bond donors (Lipinski definition) is 2. The minimum absolute atomic E-state index is 0.0655. The molecule has 0 aromatic heterocycles. The number of carbonyl (C=O) groups is 3. The zero-order chi connectivity index (χ0) is 25.8. The number of aliphatic carboxylic acids is 1. The second-order valence-corrected chi connectivity index (χ2v) is 13.0. The Morgan fingerprint density at radius 2 is 1.97 bits per heavy atom. The summed E-state index contributed by atoms with van der Waals surface area (Å²) >= 11 is 3.56. The number of rotatable bonds is 9. The van der Waals surface area contributed by atoms with E-state index in [1.165, 1.54) is 4.90 Å². The van der Waals surface area contributed by atoms with Gasteiger partial charge >= 0.3 is 5.97 Å². The van der Waals surface area contributed by atoms with Crippen LogP contribution in [0.2, 0.25) is 0 Å². The van der Waals surface area contributed by atoms with Gasteiger partial charge in [-0.05, 0) is 38.5 Å². The maximum absolute atomic E-state index is 14.4. The standard InChI is InChI=1S/C25H39BrN2O6/c1-8-10-27(24(6,7)13-23(3,4)5)21(31)19-25-11-15(26)18(34-25)16(22(32)33)17(25)20(30)28(19)14(9-2)12-29/h8,14-19,29H,1,9-13H2,2-7H3,(H,32,33)/t14-,15?,16-,17-,18-,19?,25?/m0/s1. The van der Waals surface area contributed by atoms with E-state index in [-0.39, 0.29) is 29.3 Å². The zero-order valence-corrected chi connectivity index (χ0v) is 22.7. The molecule has 3 aliphatic heterocycles. The molecule has 3 fully saturated rings. The van der Waals surface area contributed by atoms with Crippen molar-refractivity contribution in [2.24, 2.45) is 17.3 Å². The van der Waals surface area contributed by atoms with E-state index < -0.39 is 53.0 Å². The maximum atomic E-state index is 14.4. The van der Waals surface area contributed by atoms with Gasteiger partial charge in [-0.15, -0.1) is 6.58 Å². The molecule has 0 radical (unpaired) electrons. The Labute approximate surface area is 210 Å². The Balaban J connectivity index is 2.15. The van der Waals surface area contributed by atoms with E-state index in [1.54, 1.807) is 11.0 Å². The van der Waals surface area contributed by atoms with Crippen molar-refractivity contribution in [3.63, 3.8) is 0 Å². The number of aliphatic hydroxyl groups is 1. The number of alkyl halides is 1. The summed E-state index contributed by atoms with van der Waals surface area (Å²) in [5.74, 6) is -3.81. The fourth-order valence-electron chi connectivity index (χ4n) is 6.74. The van der Waals surface area contributed by atoms with Crippen LogP contribution in [-0.2, 0) is 19.1 Å². The summed E-state index contributed by atoms with van der Waals surface area (Å²) in [6.45, 7) is 16.0. The van der Waals surface area contributed by atoms with Crippen LogP contribution in [0, 0.1) is 17.3 Å². The third-order valence-electron chi connectivity index (χ3n) is 7.59. The first-order valence-electron chi connectivity index (χ1n) is 12.1. The third kappa shape index (κ3) is 4.22. The quantitative estimate of drug-likeness (QED) is 0.342. The van der Waals surface area contributed by atoms with E-state index in [0.29, 0.717) is 19.3 Å². The zero-order valence-electron chi connectivity index (χ0n) is 21.1. The first-order chi connectivity index (χ1) is 15.7. The second-order valence-electron chi connectivity index (χ2n) is 11.8. The van der Waals surface area contributed by atoms with Gasteiger partial charge in [-0.2, -0.15) is 0 Å². The van der Waals surface area contributed by atoms with Gasteiger partial charge in [0.15, 0.2) is 0 Å². The van der Waals surface area contributed by atoms with Crippen molar-refractivity contribution in [3.05, 3.63) is 12.7 Å². The van der Waals surface area contributed by atoms with Gasteiger partial charge in [0.05, 0.1) is 30.6 Å². The second kappa shape index (κ2) is 9.21. The number of amides is 2. The molecule has 3 saturated heterocycles. The molecule has 2 N–H and O–H groups in total. The maximum Gasteiger partial charge on any atom is 0.310 e. The predicted molar refractivity (Wildman–Crippen MR) is 131 cm³/mol. The van der Waals surface area contributed by atoms with Gasteiger partial charge in [-0.1, -0.05) is 49.7 Å². The minimum atomic E-state index is -1.25. The molecule has 2 amide bonds. The van der Waals surface area contributed by atoms with Crippen LogP contribution in [-0.4, -0.2) is 85.1 Å². The van der Waals surface area contributed by atoms with Crippen molar-refractivity contribution in [3.8, 4) is 0 Å². The number of aliphatic hydroxyl groups excluding tert-OH is 1. The molecule has 0 aromatic rings. The number of nitrogens with zero attached hydrogens (tertiary/aromatic N) is 2. The van der Waals surface area contributed by atoms with E-state index in [2.05, 4.69) is 43.3 Å². The van der Waals surface area contributed by atoms with E-state index in [0.717, 1.165) is 0 Å². The van der Waals surface area contributed by atoms with E-state index >= 15 is 0 Å². The number of halogens is 1. The Bertz CT molecular complexity index is 851. The molecule has 1 spiro atoms.